The fourth-order valence-corrected chi connectivity index (χ4v) is 3.23. The molecule has 3 heteroatoms. The number of hydrogen-bond acceptors (Lipinski definition) is 1. The summed E-state index contributed by atoms with van der Waals surface area (Å²) in [6.45, 7) is 10.9. The zero-order valence-corrected chi connectivity index (χ0v) is 12.9. The lowest BCUT2D eigenvalue weighted by molar-refractivity contribution is 0.125. The Morgan fingerprint density at radius 3 is 2.50 bits per heavy atom. The summed E-state index contributed by atoms with van der Waals surface area (Å²) in [4.78, 5) is 2.47. The third kappa shape index (κ3) is 3.38. The Kier molecular flexibility index (Phi) is 4.48. The Hall–Kier alpha value is -0.960. The molecular formula is C17H25F2N. The third-order valence-electron chi connectivity index (χ3n) is 4.45. The summed E-state index contributed by atoms with van der Waals surface area (Å²) in [7, 11) is 0. The molecule has 0 radical (unpaired) electrons. The SMILES string of the molecule is C[C@@H]1CN(C(C)(C)C)CCC[C@H]1c1ccc(F)cc1F. The number of likely N-dealkylation sites (tertiary alicyclic amines) is 1. The second-order valence-corrected chi connectivity index (χ2v) is 7.01. The van der Waals surface area contributed by atoms with Gasteiger partial charge in [-0.3, -0.25) is 4.90 Å². The van der Waals surface area contributed by atoms with E-state index < -0.39 is 11.6 Å². The molecule has 20 heavy (non-hydrogen) atoms. The normalized spacial score (nSPS) is 25.5. The van der Waals surface area contributed by atoms with Crippen LogP contribution >= 0.6 is 0 Å². The number of halogens is 2. The first-order chi connectivity index (χ1) is 9.29. The van der Waals surface area contributed by atoms with Crippen LogP contribution in [0, 0.1) is 17.6 Å². The lowest BCUT2D eigenvalue weighted by atomic mass is 9.84. The lowest BCUT2D eigenvalue weighted by Crippen LogP contribution is -2.43. The molecular weight excluding hydrogens is 256 g/mol. The Labute approximate surface area is 121 Å². The monoisotopic (exact) mass is 281 g/mol. The van der Waals surface area contributed by atoms with E-state index in [2.05, 4.69) is 32.6 Å². The number of rotatable bonds is 1. The summed E-state index contributed by atoms with van der Waals surface area (Å²) < 4.78 is 27.1. The molecule has 1 heterocycles. The molecule has 1 aliphatic heterocycles. The van der Waals surface area contributed by atoms with E-state index in [1.54, 1.807) is 6.07 Å². The van der Waals surface area contributed by atoms with Gasteiger partial charge in [0.25, 0.3) is 0 Å². The maximum Gasteiger partial charge on any atom is 0.129 e. The van der Waals surface area contributed by atoms with Gasteiger partial charge in [-0.05, 0) is 63.6 Å². The van der Waals surface area contributed by atoms with E-state index >= 15 is 0 Å². The van der Waals surface area contributed by atoms with Crippen LogP contribution in [-0.2, 0) is 0 Å². The molecule has 1 nitrogen and oxygen atoms in total. The molecule has 0 saturated carbocycles. The van der Waals surface area contributed by atoms with Crippen LogP contribution in [0.1, 0.15) is 52.0 Å². The van der Waals surface area contributed by atoms with Crippen molar-refractivity contribution >= 4 is 0 Å². The molecule has 0 unspecified atom stereocenters. The molecule has 0 aromatic heterocycles. The van der Waals surface area contributed by atoms with Crippen molar-refractivity contribution < 1.29 is 8.78 Å². The van der Waals surface area contributed by atoms with Crippen LogP contribution in [0.4, 0.5) is 8.78 Å². The van der Waals surface area contributed by atoms with E-state index in [-0.39, 0.29) is 11.5 Å². The van der Waals surface area contributed by atoms with Crippen LogP contribution in [0.25, 0.3) is 0 Å². The molecule has 1 aromatic carbocycles. The van der Waals surface area contributed by atoms with Crippen molar-refractivity contribution in [1.29, 1.82) is 0 Å². The lowest BCUT2D eigenvalue weighted by Gasteiger charge is -2.36. The molecule has 1 saturated heterocycles. The number of hydrogen-bond donors (Lipinski definition) is 0. The van der Waals surface area contributed by atoms with Crippen molar-refractivity contribution in [3.8, 4) is 0 Å². The Morgan fingerprint density at radius 2 is 1.90 bits per heavy atom. The van der Waals surface area contributed by atoms with Crippen molar-refractivity contribution in [2.45, 2.75) is 52.0 Å². The fourth-order valence-electron chi connectivity index (χ4n) is 3.23. The molecule has 0 N–H and O–H groups in total. The first-order valence-electron chi connectivity index (χ1n) is 7.49. The van der Waals surface area contributed by atoms with Crippen molar-refractivity contribution in [3.63, 3.8) is 0 Å². The quantitative estimate of drug-likeness (QED) is 0.728. The minimum Gasteiger partial charge on any atom is -0.298 e. The van der Waals surface area contributed by atoms with Gasteiger partial charge in [-0.15, -0.1) is 0 Å². The summed E-state index contributed by atoms with van der Waals surface area (Å²) in [5, 5.41) is 0. The average molecular weight is 281 g/mol. The topological polar surface area (TPSA) is 3.24 Å². The smallest absolute Gasteiger partial charge is 0.129 e. The molecule has 112 valence electrons. The molecule has 2 rings (SSSR count). The minimum absolute atomic E-state index is 0.143. The highest BCUT2D eigenvalue weighted by atomic mass is 19.1. The average Bonchev–Trinajstić information content (AvgIpc) is 2.51. The van der Waals surface area contributed by atoms with Crippen molar-refractivity contribution in [3.05, 3.63) is 35.4 Å². The van der Waals surface area contributed by atoms with E-state index in [4.69, 9.17) is 0 Å². The molecule has 1 aromatic rings. The van der Waals surface area contributed by atoms with Gasteiger partial charge in [0.2, 0.25) is 0 Å². The van der Waals surface area contributed by atoms with Gasteiger partial charge in [-0.2, -0.15) is 0 Å². The van der Waals surface area contributed by atoms with Gasteiger partial charge in [0, 0.05) is 18.2 Å². The standard InChI is InChI=1S/C17H25F2N/c1-12-11-20(17(2,3)4)9-5-6-14(12)15-8-7-13(18)10-16(15)19/h7-8,10,12,14H,5-6,9,11H2,1-4H3/t12-,14-/m1/s1. The molecule has 1 fully saturated rings. The van der Waals surface area contributed by atoms with Crippen molar-refractivity contribution in [1.82, 2.24) is 4.90 Å². The highest BCUT2D eigenvalue weighted by Crippen LogP contribution is 2.35. The van der Waals surface area contributed by atoms with Crippen molar-refractivity contribution in [2.75, 3.05) is 13.1 Å². The van der Waals surface area contributed by atoms with E-state index in [9.17, 15) is 8.78 Å². The van der Waals surface area contributed by atoms with Crippen LogP contribution in [0.15, 0.2) is 18.2 Å². The van der Waals surface area contributed by atoms with Crippen LogP contribution < -0.4 is 0 Å². The molecule has 0 bridgehead atoms. The molecule has 2 atom stereocenters. The predicted molar refractivity (Wildman–Crippen MR) is 78.8 cm³/mol. The Balaban J connectivity index is 2.21. The molecule has 0 amide bonds. The fraction of sp³-hybridized carbons (Fsp3) is 0.647. The zero-order chi connectivity index (χ0) is 14.9. The van der Waals surface area contributed by atoms with Crippen LogP contribution in [0.5, 0.6) is 0 Å². The van der Waals surface area contributed by atoms with E-state index in [0.717, 1.165) is 32.0 Å². The van der Waals surface area contributed by atoms with Gasteiger partial charge in [0.05, 0.1) is 0 Å². The van der Waals surface area contributed by atoms with Crippen molar-refractivity contribution in [2.24, 2.45) is 5.92 Å². The summed E-state index contributed by atoms with van der Waals surface area (Å²) >= 11 is 0. The molecule has 0 spiro atoms. The number of benzene rings is 1. The highest BCUT2D eigenvalue weighted by Gasteiger charge is 2.31. The van der Waals surface area contributed by atoms with E-state index in [1.165, 1.54) is 6.07 Å². The first kappa shape index (κ1) is 15.4. The zero-order valence-electron chi connectivity index (χ0n) is 12.9. The van der Waals surface area contributed by atoms with Gasteiger partial charge >= 0.3 is 0 Å². The summed E-state index contributed by atoms with van der Waals surface area (Å²) in [5.74, 6) is -0.338. The summed E-state index contributed by atoms with van der Waals surface area (Å²) in [6, 6.07) is 4.00. The second kappa shape index (κ2) is 5.80. The van der Waals surface area contributed by atoms with E-state index in [1.807, 2.05) is 0 Å². The van der Waals surface area contributed by atoms with Gasteiger partial charge in [-0.25, -0.2) is 8.78 Å². The summed E-state index contributed by atoms with van der Waals surface area (Å²) in [5.41, 5.74) is 0.819. The molecule has 0 aliphatic carbocycles. The highest BCUT2D eigenvalue weighted by molar-refractivity contribution is 5.23. The molecule has 1 aliphatic rings. The van der Waals surface area contributed by atoms with Gasteiger partial charge in [0.1, 0.15) is 11.6 Å². The Morgan fingerprint density at radius 1 is 1.20 bits per heavy atom. The maximum absolute atomic E-state index is 14.0. The number of nitrogens with zero attached hydrogens (tertiary/aromatic N) is 1. The van der Waals surface area contributed by atoms with Crippen LogP contribution in [0.3, 0.4) is 0 Å². The first-order valence-corrected chi connectivity index (χ1v) is 7.49. The van der Waals surface area contributed by atoms with E-state index in [0.29, 0.717) is 11.5 Å². The summed E-state index contributed by atoms with van der Waals surface area (Å²) in [6.07, 6.45) is 2.03. The largest absolute Gasteiger partial charge is 0.298 e. The third-order valence-corrected chi connectivity index (χ3v) is 4.45. The van der Waals surface area contributed by atoms with Crippen LogP contribution in [0.2, 0.25) is 0 Å². The van der Waals surface area contributed by atoms with Gasteiger partial charge in [0.15, 0.2) is 0 Å². The van der Waals surface area contributed by atoms with Crippen LogP contribution in [-0.4, -0.2) is 23.5 Å². The Bertz CT molecular complexity index is 465. The maximum atomic E-state index is 14.0. The predicted octanol–water partition coefficient (Wildman–Crippen LogP) is 4.58. The second-order valence-electron chi connectivity index (χ2n) is 7.01. The van der Waals surface area contributed by atoms with Gasteiger partial charge < -0.3 is 0 Å². The minimum atomic E-state index is -0.496. The van der Waals surface area contributed by atoms with Gasteiger partial charge in [-0.1, -0.05) is 13.0 Å².